The molecule has 0 bridgehead atoms. The second kappa shape index (κ2) is 6.91. The molecule has 1 atom stereocenters. The fourth-order valence-electron chi connectivity index (χ4n) is 2.96. The minimum atomic E-state index is -1.76. The Morgan fingerprint density at radius 2 is 1.40 bits per heavy atom. The maximum Gasteiger partial charge on any atom is 0.203 e. The van der Waals surface area contributed by atoms with Gasteiger partial charge in [0, 0.05) is 5.56 Å². The van der Waals surface area contributed by atoms with Gasteiger partial charge in [-0.15, -0.1) is 0 Å². The second-order valence-corrected chi connectivity index (χ2v) is 5.95. The third kappa shape index (κ3) is 3.06. The first-order chi connectivity index (χ1) is 12.1. The normalized spacial score (nSPS) is 13.1. The molecule has 0 aromatic heterocycles. The van der Waals surface area contributed by atoms with Gasteiger partial charge in [0.25, 0.3) is 0 Å². The average Bonchev–Trinajstić information content (AvgIpc) is 2.68. The predicted molar refractivity (Wildman–Crippen MR) is 97.9 cm³/mol. The summed E-state index contributed by atoms with van der Waals surface area (Å²) in [6, 6.07) is 23.2. The van der Waals surface area contributed by atoms with Crippen LogP contribution in [0.15, 0.2) is 78.9 Å². The van der Waals surface area contributed by atoms with E-state index >= 15 is 0 Å². The van der Waals surface area contributed by atoms with Gasteiger partial charge in [0.1, 0.15) is 5.75 Å². The Hall–Kier alpha value is -2.91. The number of aryl methyl sites for hydroxylation is 1. The molecule has 3 heteroatoms. The number of rotatable bonds is 5. The van der Waals surface area contributed by atoms with Crippen molar-refractivity contribution in [2.75, 3.05) is 7.11 Å². The number of carbonyl (C=O) groups is 1. The van der Waals surface area contributed by atoms with E-state index in [2.05, 4.69) is 0 Å². The Balaban J connectivity index is 2.19. The van der Waals surface area contributed by atoms with E-state index in [1.165, 1.54) is 0 Å². The Morgan fingerprint density at radius 3 is 2.00 bits per heavy atom. The lowest BCUT2D eigenvalue weighted by atomic mass is 9.79. The summed E-state index contributed by atoms with van der Waals surface area (Å²) in [7, 11) is 1.58. The number of Topliss-reactive ketones (excluding diaryl/α,β-unsaturated/α-hetero) is 1. The second-order valence-electron chi connectivity index (χ2n) is 5.95. The highest BCUT2D eigenvalue weighted by molar-refractivity contribution is 6.06. The molecule has 0 radical (unpaired) electrons. The van der Waals surface area contributed by atoms with Crippen LogP contribution in [0.3, 0.4) is 0 Å². The summed E-state index contributed by atoms with van der Waals surface area (Å²) < 4.78 is 5.19. The summed E-state index contributed by atoms with van der Waals surface area (Å²) in [5.41, 5.74) is 0.612. The summed E-state index contributed by atoms with van der Waals surface area (Å²) in [6.45, 7) is 1.87. The molecular weight excluding hydrogens is 312 g/mol. The van der Waals surface area contributed by atoms with Crippen molar-refractivity contribution in [2.45, 2.75) is 12.5 Å². The van der Waals surface area contributed by atoms with E-state index in [-0.39, 0.29) is 5.78 Å². The molecule has 1 N–H and O–H groups in total. The molecule has 0 heterocycles. The quantitative estimate of drug-likeness (QED) is 0.715. The van der Waals surface area contributed by atoms with Gasteiger partial charge < -0.3 is 9.84 Å². The predicted octanol–water partition coefficient (Wildman–Crippen LogP) is 4.12. The highest BCUT2D eigenvalue weighted by Crippen LogP contribution is 2.34. The number of hydrogen-bond acceptors (Lipinski definition) is 3. The fraction of sp³-hybridized carbons (Fsp3) is 0.136. The molecule has 1 unspecified atom stereocenters. The number of ketones is 1. The van der Waals surface area contributed by atoms with Crippen LogP contribution in [0.25, 0.3) is 0 Å². The van der Waals surface area contributed by atoms with Gasteiger partial charge in [-0.25, -0.2) is 0 Å². The Morgan fingerprint density at radius 1 is 0.840 bits per heavy atom. The molecule has 0 saturated carbocycles. The van der Waals surface area contributed by atoms with Gasteiger partial charge in [0.2, 0.25) is 5.78 Å². The lowest BCUT2D eigenvalue weighted by Gasteiger charge is -2.28. The number of hydrogen-bond donors (Lipinski definition) is 1. The zero-order valence-electron chi connectivity index (χ0n) is 14.3. The van der Waals surface area contributed by atoms with Gasteiger partial charge in [0.15, 0.2) is 5.60 Å². The summed E-state index contributed by atoms with van der Waals surface area (Å²) in [5, 5.41) is 11.6. The highest BCUT2D eigenvalue weighted by Gasteiger charge is 2.40. The first-order valence-corrected chi connectivity index (χ1v) is 8.10. The van der Waals surface area contributed by atoms with E-state index in [1.54, 1.807) is 55.6 Å². The molecule has 0 saturated heterocycles. The van der Waals surface area contributed by atoms with E-state index in [9.17, 15) is 9.90 Å². The number of aliphatic hydroxyl groups is 1. The van der Waals surface area contributed by atoms with Crippen molar-refractivity contribution >= 4 is 5.78 Å². The maximum absolute atomic E-state index is 13.4. The first-order valence-electron chi connectivity index (χ1n) is 8.10. The molecular formula is C22H20O3. The standard InChI is InChI=1S/C22H20O3/c1-16-8-6-7-11-20(16)21(23)22(24,17-9-4-3-5-10-17)18-12-14-19(25-2)15-13-18/h3-15,24H,1-2H3. The molecule has 3 aromatic carbocycles. The molecule has 0 aliphatic rings. The first kappa shape index (κ1) is 16.9. The zero-order valence-corrected chi connectivity index (χ0v) is 14.3. The van der Waals surface area contributed by atoms with Crippen LogP contribution in [-0.4, -0.2) is 18.0 Å². The Bertz CT molecular complexity index is 869. The topological polar surface area (TPSA) is 46.5 Å². The Kier molecular flexibility index (Phi) is 4.68. The largest absolute Gasteiger partial charge is 0.497 e. The van der Waals surface area contributed by atoms with Crippen molar-refractivity contribution < 1.29 is 14.6 Å². The third-order valence-electron chi connectivity index (χ3n) is 4.42. The minimum absolute atomic E-state index is 0.345. The summed E-state index contributed by atoms with van der Waals surface area (Å²) in [5.74, 6) is 0.324. The SMILES string of the molecule is COc1ccc(C(O)(C(=O)c2ccccc2C)c2ccccc2)cc1. The summed E-state index contributed by atoms with van der Waals surface area (Å²) >= 11 is 0. The van der Waals surface area contributed by atoms with Crippen LogP contribution in [0, 0.1) is 6.92 Å². The smallest absolute Gasteiger partial charge is 0.203 e. The molecule has 0 aliphatic heterocycles. The van der Waals surface area contributed by atoms with Crippen LogP contribution in [0.5, 0.6) is 5.75 Å². The number of carbonyl (C=O) groups excluding carboxylic acids is 1. The highest BCUT2D eigenvalue weighted by atomic mass is 16.5. The molecule has 0 amide bonds. The number of benzene rings is 3. The van der Waals surface area contributed by atoms with Crippen molar-refractivity contribution in [3.05, 3.63) is 101 Å². The van der Waals surface area contributed by atoms with Crippen LogP contribution in [0.2, 0.25) is 0 Å². The lowest BCUT2D eigenvalue weighted by molar-refractivity contribution is 0.0487. The van der Waals surface area contributed by atoms with Gasteiger partial charge in [-0.05, 0) is 35.7 Å². The molecule has 25 heavy (non-hydrogen) atoms. The van der Waals surface area contributed by atoms with E-state index in [4.69, 9.17) is 4.74 Å². The van der Waals surface area contributed by atoms with Gasteiger partial charge >= 0.3 is 0 Å². The molecule has 3 aromatic rings. The van der Waals surface area contributed by atoms with Crippen LogP contribution >= 0.6 is 0 Å². The molecule has 126 valence electrons. The van der Waals surface area contributed by atoms with Crippen molar-refractivity contribution in [1.29, 1.82) is 0 Å². The van der Waals surface area contributed by atoms with E-state index in [0.717, 1.165) is 5.56 Å². The number of methoxy groups -OCH3 is 1. The maximum atomic E-state index is 13.4. The fourth-order valence-corrected chi connectivity index (χ4v) is 2.96. The van der Waals surface area contributed by atoms with E-state index < -0.39 is 5.60 Å². The molecule has 3 nitrogen and oxygen atoms in total. The van der Waals surface area contributed by atoms with Crippen molar-refractivity contribution in [2.24, 2.45) is 0 Å². The average molecular weight is 332 g/mol. The van der Waals surface area contributed by atoms with Crippen LogP contribution in [0.1, 0.15) is 27.0 Å². The van der Waals surface area contributed by atoms with Crippen LogP contribution in [-0.2, 0) is 5.60 Å². The van der Waals surface area contributed by atoms with Gasteiger partial charge in [0.05, 0.1) is 7.11 Å². The van der Waals surface area contributed by atoms with Crippen molar-refractivity contribution in [3.8, 4) is 5.75 Å². The van der Waals surface area contributed by atoms with Gasteiger partial charge in [-0.1, -0.05) is 66.7 Å². The summed E-state index contributed by atoms with van der Waals surface area (Å²) in [4.78, 5) is 13.4. The van der Waals surface area contributed by atoms with E-state index in [1.807, 2.05) is 37.3 Å². The van der Waals surface area contributed by atoms with E-state index in [0.29, 0.717) is 22.4 Å². The zero-order chi connectivity index (χ0) is 17.9. The van der Waals surface area contributed by atoms with Crippen molar-refractivity contribution in [3.63, 3.8) is 0 Å². The van der Waals surface area contributed by atoms with Crippen molar-refractivity contribution in [1.82, 2.24) is 0 Å². The molecule has 0 fully saturated rings. The third-order valence-corrected chi connectivity index (χ3v) is 4.42. The monoisotopic (exact) mass is 332 g/mol. The van der Waals surface area contributed by atoms with Crippen LogP contribution < -0.4 is 4.74 Å². The van der Waals surface area contributed by atoms with Gasteiger partial charge in [-0.2, -0.15) is 0 Å². The molecule has 0 aliphatic carbocycles. The summed E-state index contributed by atoms with van der Waals surface area (Å²) in [6.07, 6.45) is 0. The minimum Gasteiger partial charge on any atom is -0.497 e. The van der Waals surface area contributed by atoms with Gasteiger partial charge in [-0.3, -0.25) is 4.79 Å². The number of ether oxygens (including phenoxy) is 1. The Labute approximate surface area is 147 Å². The lowest BCUT2D eigenvalue weighted by Crippen LogP contribution is -2.37. The molecule has 0 spiro atoms. The molecule has 3 rings (SSSR count). The van der Waals surface area contributed by atoms with Crippen LogP contribution in [0.4, 0.5) is 0 Å².